The second-order valence-corrected chi connectivity index (χ2v) is 5.32. The van der Waals surface area contributed by atoms with Crippen molar-refractivity contribution in [3.8, 4) is 5.69 Å². The molecule has 1 nitrogen and oxygen atoms in total. The smallest absolute Gasteiger partial charge is 0.143 e. The van der Waals surface area contributed by atoms with Gasteiger partial charge in [0.25, 0.3) is 0 Å². The van der Waals surface area contributed by atoms with Crippen LogP contribution in [0.25, 0.3) is 27.5 Å². The van der Waals surface area contributed by atoms with E-state index in [-0.39, 0.29) is 5.02 Å². The van der Waals surface area contributed by atoms with Gasteiger partial charge in [-0.05, 0) is 24.3 Å². The Morgan fingerprint density at radius 1 is 0.714 bits per heavy atom. The molecule has 3 aromatic carbocycles. The molecule has 3 heteroatoms. The van der Waals surface area contributed by atoms with Crippen LogP contribution in [0.1, 0.15) is 0 Å². The number of hydrogen-bond acceptors (Lipinski definition) is 0. The fourth-order valence-electron chi connectivity index (χ4n) is 2.85. The second kappa shape index (κ2) is 4.61. The lowest BCUT2D eigenvalue weighted by Gasteiger charge is -2.10. The number of aromatic nitrogens is 1. The van der Waals surface area contributed by atoms with Gasteiger partial charge in [-0.3, -0.25) is 0 Å². The maximum Gasteiger partial charge on any atom is 0.143 e. The van der Waals surface area contributed by atoms with Gasteiger partial charge in [0.2, 0.25) is 0 Å². The van der Waals surface area contributed by atoms with Crippen molar-refractivity contribution in [3.63, 3.8) is 0 Å². The minimum Gasteiger partial charge on any atom is -0.308 e. The molecule has 102 valence electrons. The Kier molecular flexibility index (Phi) is 2.72. The Morgan fingerprint density at radius 2 is 1.29 bits per heavy atom. The van der Waals surface area contributed by atoms with E-state index in [9.17, 15) is 4.39 Å². The van der Waals surface area contributed by atoms with Gasteiger partial charge >= 0.3 is 0 Å². The van der Waals surface area contributed by atoms with Gasteiger partial charge in [0.05, 0.1) is 16.7 Å². The van der Waals surface area contributed by atoms with Gasteiger partial charge in [-0.25, -0.2) is 4.39 Å². The van der Waals surface area contributed by atoms with Crippen molar-refractivity contribution in [2.24, 2.45) is 0 Å². The zero-order valence-electron chi connectivity index (χ0n) is 11.1. The summed E-state index contributed by atoms with van der Waals surface area (Å²) in [6.07, 6.45) is 0. The Hall–Kier alpha value is -2.32. The summed E-state index contributed by atoms with van der Waals surface area (Å²) in [5, 5.41) is 2.41. The summed E-state index contributed by atoms with van der Waals surface area (Å²) < 4.78 is 15.8. The fraction of sp³-hybridized carbons (Fsp3) is 0. The van der Waals surface area contributed by atoms with Crippen molar-refractivity contribution in [2.45, 2.75) is 0 Å². The number of rotatable bonds is 1. The average molecular weight is 296 g/mol. The lowest BCUT2D eigenvalue weighted by atomic mass is 10.2. The van der Waals surface area contributed by atoms with E-state index in [1.165, 1.54) is 6.07 Å². The molecular formula is C18H11ClFN. The summed E-state index contributed by atoms with van der Waals surface area (Å²) in [5.41, 5.74) is 2.70. The van der Waals surface area contributed by atoms with Crippen LogP contribution in [0, 0.1) is 5.82 Å². The largest absolute Gasteiger partial charge is 0.308 e. The van der Waals surface area contributed by atoms with Crippen LogP contribution in [-0.4, -0.2) is 4.57 Å². The van der Waals surface area contributed by atoms with Crippen LogP contribution in [-0.2, 0) is 0 Å². The molecule has 4 rings (SSSR count). The molecule has 0 aliphatic heterocycles. The van der Waals surface area contributed by atoms with E-state index in [4.69, 9.17) is 11.6 Å². The molecule has 0 amide bonds. The predicted molar refractivity (Wildman–Crippen MR) is 85.7 cm³/mol. The maximum atomic E-state index is 13.8. The minimum absolute atomic E-state index is 0.143. The minimum atomic E-state index is -0.406. The third kappa shape index (κ3) is 1.76. The summed E-state index contributed by atoms with van der Waals surface area (Å²) in [5.74, 6) is -0.406. The summed E-state index contributed by atoms with van der Waals surface area (Å²) in [6.45, 7) is 0. The standard InChI is InChI=1S/C18H11ClFN/c19-18-14(20)8-5-11-17(18)21-15-9-3-1-6-12(15)13-7-2-4-10-16(13)21/h1-11H. The van der Waals surface area contributed by atoms with E-state index in [1.807, 2.05) is 47.0 Å². The van der Waals surface area contributed by atoms with Gasteiger partial charge in [-0.2, -0.15) is 0 Å². The zero-order chi connectivity index (χ0) is 14.4. The van der Waals surface area contributed by atoms with Gasteiger partial charge < -0.3 is 4.57 Å². The number of nitrogens with zero attached hydrogens (tertiary/aromatic N) is 1. The molecule has 0 N–H and O–H groups in total. The number of para-hydroxylation sites is 2. The molecule has 1 heterocycles. The normalized spacial score (nSPS) is 11.3. The molecule has 0 unspecified atom stereocenters. The SMILES string of the molecule is Fc1cccc(-n2c3ccccc3c3ccccc32)c1Cl. The van der Waals surface area contributed by atoms with E-state index < -0.39 is 5.82 Å². The topological polar surface area (TPSA) is 4.93 Å². The zero-order valence-corrected chi connectivity index (χ0v) is 11.8. The molecule has 0 saturated heterocycles. The van der Waals surface area contributed by atoms with Gasteiger partial charge in [0, 0.05) is 10.8 Å². The maximum absolute atomic E-state index is 13.8. The molecule has 0 radical (unpaired) electrons. The molecule has 0 saturated carbocycles. The van der Waals surface area contributed by atoms with Crippen LogP contribution in [0.5, 0.6) is 0 Å². The molecule has 0 spiro atoms. The first-order valence-electron chi connectivity index (χ1n) is 6.70. The molecule has 0 aliphatic rings. The lowest BCUT2D eigenvalue weighted by molar-refractivity contribution is 0.627. The fourth-order valence-corrected chi connectivity index (χ4v) is 3.06. The highest BCUT2D eigenvalue weighted by Gasteiger charge is 2.14. The third-order valence-electron chi connectivity index (χ3n) is 3.75. The summed E-state index contributed by atoms with van der Waals surface area (Å²) >= 11 is 6.19. The lowest BCUT2D eigenvalue weighted by Crippen LogP contribution is -1.96. The molecular weight excluding hydrogens is 285 g/mol. The first-order valence-corrected chi connectivity index (χ1v) is 7.08. The molecule has 0 aliphatic carbocycles. The van der Waals surface area contributed by atoms with Gasteiger partial charge in [0.15, 0.2) is 0 Å². The third-order valence-corrected chi connectivity index (χ3v) is 4.13. The number of fused-ring (bicyclic) bond motifs is 3. The second-order valence-electron chi connectivity index (χ2n) is 4.94. The molecule has 0 bridgehead atoms. The number of hydrogen-bond donors (Lipinski definition) is 0. The average Bonchev–Trinajstić information content (AvgIpc) is 2.85. The monoisotopic (exact) mass is 295 g/mol. The van der Waals surface area contributed by atoms with Crippen LogP contribution < -0.4 is 0 Å². The first kappa shape index (κ1) is 12.4. The Bertz CT molecular complexity index is 918. The predicted octanol–water partition coefficient (Wildman–Crippen LogP) is 5.58. The number of benzene rings is 3. The molecule has 1 aromatic heterocycles. The van der Waals surface area contributed by atoms with E-state index in [0.29, 0.717) is 5.69 Å². The van der Waals surface area contributed by atoms with Crippen LogP contribution in [0.4, 0.5) is 4.39 Å². The Balaban J connectivity index is 2.23. The summed E-state index contributed by atoms with van der Waals surface area (Å²) in [7, 11) is 0. The Labute approximate surface area is 126 Å². The van der Waals surface area contributed by atoms with Crippen LogP contribution >= 0.6 is 11.6 Å². The van der Waals surface area contributed by atoms with E-state index >= 15 is 0 Å². The van der Waals surface area contributed by atoms with Crippen LogP contribution in [0.2, 0.25) is 5.02 Å². The van der Waals surface area contributed by atoms with E-state index in [0.717, 1.165) is 21.8 Å². The van der Waals surface area contributed by atoms with Crippen molar-refractivity contribution in [2.75, 3.05) is 0 Å². The van der Waals surface area contributed by atoms with Gasteiger partial charge in [-0.1, -0.05) is 54.1 Å². The quantitative estimate of drug-likeness (QED) is 0.432. The Morgan fingerprint density at radius 3 is 1.90 bits per heavy atom. The van der Waals surface area contributed by atoms with Crippen molar-refractivity contribution < 1.29 is 4.39 Å². The van der Waals surface area contributed by atoms with Crippen molar-refractivity contribution in [1.29, 1.82) is 0 Å². The molecule has 0 atom stereocenters. The van der Waals surface area contributed by atoms with Crippen LogP contribution in [0.3, 0.4) is 0 Å². The molecule has 4 aromatic rings. The van der Waals surface area contributed by atoms with Crippen molar-refractivity contribution in [3.05, 3.63) is 77.6 Å². The highest BCUT2D eigenvalue weighted by atomic mass is 35.5. The highest BCUT2D eigenvalue weighted by molar-refractivity contribution is 6.32. The molecule has 21 heavy (non-hydrogen) atoms. The van der Waals surface area contributed by atoms with E-state index in [1.54, 1.807) is 6.07 Å². The molecule has 0 fully saturated rings. The highest BCUT2D eigenvalue weighted by Crippen LogP contribution is 2.34. The van der Waals surface area contributed by atoms with Crippen molar-refractivity contribution >= 4 is 33.4 Å². The summed E-state index contributed by atoms with van der Waals surface area (Å²) in [4.78, 5) is 0. The van der Waals surface area contributed by atoms with Crippen molar-refractivity contribution in [1.82, 2.24) is 4.57 Å². The number of halogens is 2. The summed E-state index contributed by atoms with van der Waals surface area (Å²) in [6, 6.07) is 21.0. The van der Waals surface area contributed by atoms with Gasteiger partial charge in [-0.15, -0.1) is 0 Å². The van der Waals surface area contributed by atoms with Gasteiger partial charge in [0.1, 0.15) is 10.8 Å². The van der Waals surface area contributed by atoms with Crippen LogP contribution in [0.15, 0.2) is 66.7 Å². The first-order chi connectivity index (χ1) is 10.3. The van der Waals surface area contributed by atoms with E-state index in [2.05, 4.69) is 12.1 Å².